The highest BCUT2D eigenvalue weighted by molar-refractivity contribution is 7.89. The minimum atomic E-state index is -3.90. The number of primary sulfonamides is 1. The van der Waals surface area contributed by atoms with Crippen LogP contribution in [0.25, 0.3) is 0 Å². The molecular weight excluding hydrogens is 340 g/mol. The first-order valence-electron chi connectivity index (χ1n) is 6.85. The number of hydrogen-bond donors (Lipinski definition) is 1. The average molecular weight is 358 g/mol. The van der Waals surface area contributed by atoms with Gasteiger partial charge in [-0.1, -0.05) is 6.92 Å². The van der Waals surface area contributed by atoms with E-state index < -0.39 is 34.3 Å². The number of nitrogens with zero attached hydrogens (tertiary/aromatic N) is 1. The first-order valence-corrected chi connectivity index (χ1v) is 8.40. The van der Waals surface area contributed by atoms with Gasteiger partial charge in [-0.25, -0.2) is 18.5 Å². The summed E-state index contributed by atoms with van der Waals surface area (Å²) < 4.78 is 32.3. The third kappa shape index (κ3) is 5.32. The first-order chi connectivity index (χ1) is 11.1. The van der Waals surface area contributed by atoms with Gasteiger partial charge in [0, 0.05) is 20.3 Å². The van der Waals surface area contributed by atoms with E-state index in [4.69, 9.17) is 14.6 Å². The highest BCUT2D eigenvalue weighted by Crippen LogP contribution is 2.22. The molecule has 0 aliphatic rings. The Morgan fingerprint density at radius 1 is 1.08 bits per heavy atom. The lowest BCUT2D eigenvalue weighted by Gasteiger charge is -2.29. The molecule has 1 amide bonds. The zero-order valence-electron chi connectivity index (χ0n) is 13.4. The van der Waals surface area contributed by atoms with Gasteiger partial charge in [0.15, 0.2) is 0 Å². The van der Waals surface area contributed by atoms with Crippen molar-refractivity contribution >= 4 is 33.6 Å². The number of nitrogens with two attached hydrogens (primary N) is 1. The van der Waals surface area contributed by atoms with Crippen LogP contribution < -0.4 is 10.0 Å². The molecule has 132 valence electrons. The molecule has 0 atom stereocenters. The number of carbonyl (C=O) groups is 3. The number of esters is 2. The van der Waals surface area contributed by atoms with E-state index >= 15 is 0 Å². The zero-order chi connectivity index (χ0) is 18.5. The summed E-state index contributed by atoms with van der Waals surface area (Å²) in [6, 6.07) is 4.93. The second-order valence-corrected chi connectivity index (χ2v) is 6.24. The Hall–Kier alpha value is -2.46. The number of carbonyl (C=O) groups excluding carboxylic acids is 3. The van der Waals surface area contributed by atoms with Crippen LogP contribution in [0.5, 0.6) is 0 Å². The molecule has 0 radical (unpaired) electrons. The molecule has 1 aromatic carbocycles. The number of rotatable bonds is 6. The summed E-state index contributed by atoms with van der Waals surface area (Å²) in [6.07, 6.45) is -1.58. The van der Waals surface area contributed by atoms with Gasteiger partial charge in [-0.2, -0.15) is 0 Å². The number of ether oxygens (including phenoxy) is 2. The van der Waals surface area contributed by atoms with Crippen molar-refractivity contribution < 1.29 is 32.3 Å². The molecule has 1 rings (SSSR count). The third-order valence-electron chi connectivity index (χ3n) is 2.76. The fourth-order valence-electron chi connectivity index (χ4n) is 1.76. The van der Waals surface area contributed by atoms with E-state index in [0.717, 1.165) is 18.7 Å². The van der Waals surface area contributed by atoms with Crippen molar-refractivity contribution in [3.8, 4) is 0 Å². The normalized spacial score (nSPS) is 11.0. The predicted molar refractivity (Wildman–Crippen MR) is 82.9 cm³/mol. The quantitative estimate of drug-likeness (QED) is 0.578. The van der Waals surface area contributed by atoms with Crippen LogP contribution >= 0.6 is 0 Å². The van der Waals surface area contributed by atoms with E-state index in [1.807, 2.05) is 0 Å². The summed E-state index contributed by atoms with van der Waals surface area (Å²) in [7, 11) is -3.90. The second-order valence-electron chi connectivity index (χ2n) is 4.68. The predicted octanol–water partition coefficient (Wildman–Crippen LogP) is 0.487. The molecule has 0 fully saturated rings. The van der Waals surface area contributed by atoms with E-state index in [-0.39, 0.29) is 17.0 Å². The van der Waals surface area contributed by atoms with Crippen LogP contribution in [0.3, 0.4) is 0 Å². The van der Waals surface area contributed by atoms with Crippen LogP contribution in [-0.2, 0) is 33.9 Å². The number of amides is 1. The van der Waals surface area contributed by atoms with Gasteiger partial charge in [0.2, 0.25) is 15.9 Å². The van der Waals surface area contributed by atoms with Crippen LogP contribution in [0.4, 0.5) is 5.69 Å². The van der Waals surface area contributed by atoms with Crippen molar-refractivity contribution in [2.45, 2.75) is 38.5 Å². The molecule has 10 heteroatoms. The van der Waals surface area contributed by atoms with Crippen molar-refractivity contribution in [2.24, 2.45) is 5.14 Å². The lowest BCUT2D eigenvalue weighted by molar-refractivity contribution is -0.185. The zero-order valence-corrected chi connectivity index (χ0v) is 14.2. The molecule has 0 saturated carbocycles. The Morgan fingerprint density at radius 3 is 1.88 bits per heavy atom. The summed E-state index contributed by atoms with van der Waals surface area (Å²) in [4.78, 5) is 35.4. The number of hydrogen-bond acceptors (Lipinski definition) is 7. The van der Waals surface area contributed by atoms with E-state index in [0.29, 0.717) is 0 Å². The van der Waals surface area contributed by atoms with Gasteiger partial charge in [-0.3, -0.25) is 14.4 Å². The topological polar surface area (TPSA) is 133 Å². The van der Waals surface area contributed by atoms with Crippen molar-refractivity contribution in [1.29, 1.82) is 0 Å². The molecule has 0 aliphatic heterocycles. The van der Waals surface area contributed by atoms with Crippen molar-refractivity contribution in [1.82, 2.24) is 0 Å². The van der Waals surface area contributed by atoms with Crippen LogP contribution in [0.2, 0.25) is 0 Å². The van der Waals surface area contributed by atoms with Crippen molar-refractivity contribution in [3.05, 3.63) is 24.3 Å². The largest absolute Gasteiger partial charge is 0.406 e. The molecule has 2 N–H and O–H groups in total. The summed E-state index contributed by atoms with van der Waals surface area (Å²) in [5.74, 6) is -2.04. The molecule has 24 heavy (non-hydrogen) atoms. The van der Waals surface area contributed by atoms with E-state index in [1.165, 1.54) is 24.3 Å². The molecule has 0 unspecified atom stereocenters. The smallest absolute Gasteiger partial charge is 0.338 e. The molecule has 0 saturated heterocycles. The van der Waals surface area contributed by atoms with Crippen LogP contribution in [0.15, 0.2) is 29.2 Å². The monoisotopic (exact) mass is 358 g/mol. The number of benzene rings is 1. The maximum atomic E-state index is 12.2. The Kier molecular flexibility index (Phi) is 6.43. The Labute approximate surface area is 139 Å². The van der Waals surface area contributed by atoms with E-state index in [9.17, 15) is 22.8 Å². The van der Waals surface area contributed by atoms with E-state index in [1.54, 1.807) is 6.92 Å². The molecule has 0 aliphatic carbocycles. The van der Waals surface area contributed by atoms with Crippen LogP contribution in [0.1, 0.15) is 27.2 Å². The van der Waals surface area contributed by atoms with E-state index in [2.05, 4.69) is 0 Å². The van der Waals surface area contributed by atoms with Gasteiger partial charge in [-0.05, 0) is 24.3 Å². The highest BCUT2D eigenvalue weighted by Gasteiger charge is 2.29. The summed E-state index contributed by atoms with van der Waals surface area (Å²) in [6.45, 7) is 3.75. The molecule has 0 heterocycles. The fraction of sp³-hybridized carbons (Fsp3) is 0.357. The summed E-state index contributed by atoms with van der Waals surface area (Å²) in [5.41, 5.74) is 0.168. The Bertz CT molecular complexity index is 712. The Balaban J connectivity index is 3.30. The van der Waals surface area contributed by atoms with Crippen LogP contribution in [-0.4, -0.2) is 32.7 Å². The second kappa shape index (κ2) is 7.88. The molecule has 0 spiro atoms. The minimum absolute atomic E-state index is 0.0238. The van der Waals surface area contributed by atoms with Crippen molar-refractivity contribution in [3.63, 3.8) is 0 Å². The van der Waals surface area contributed by atoms with Crippen LogP contribution in [0, 0.1) is 0 Å². The number of sulfonamides is 1. The van der Waals surface area contributed by atoms with Gasteiger partial charge in [0.1, 0.15) is 0 Å². The highest BCUT2D eigenvalue weighted by atomic mass is 32.2. The lowest BCUT2D eigenvalue weighted by Crippen LogP contribution is -2.45. The minimum Gasteiger partial charge on any atom is -0.406 e. The van der Waals surface area contributed by atoms with Gasteiger partial charge in [0.25, 0.3) is 0 Å². The van der Waals surface area contributed by atoms with Gasteiger partial charge in [-0.15, -0.1) is 0 Å². The molecule has 1 aromatic rings. The summed E-state index contributed by atoms with van der Waals surface area (Å²) >= 11 is 0. The SMILES string of the molecule is CCC(=O)N(c1ccc(S(N)(=O)=O)cc1)C(OC(C)=O)OC(C)=O. The molecular formula is C14H18N2O7S. The van der Waals surface area contributed by atoms with Gasteiger partial charge in [0.05, 0.1) is 10.6 Å². The Morgan fingerprint density at radius 2 is 1.54 bits per heavy atom. The first kappa shape index (κ1) is 19.6. The standard InChI is InChI=1S/C14H18N2O7S/c1-4-13(19)16(14(22-9(2)17)23-10(3)18)11-5-7-12(8-6-11)24(15,20)21/h5-8,14H,4H2,1-3H3,(H2,15,20,21). The third-order valence-corrected chi connectivity index (χ3v) is 3.69. The maximum Gasteiger partial charge on any atom is 0.338 e. The fourth-order valence-corrected chi connectivity index (χ4v) is 2.28. The summed E-state index contributed by atoms with van der Waals surface area (Å²) in [5, 5.41) is 5.01. The lowest BCUT2D eigenvalue weighted by atomic mass is 10.2. The molecule has 0 aromatic heterocycles. The average Bonchev–Trinajstić information content (AvgIpc) is 2.45. The number of anilines is 1. The van der Waals surface area contributed by atoms with Gasteiger partial charge >= 0.3 is 18.4 Å². The van der Waals surface area contributed by atoms with Crippen molar-refractivity contribution in [2.75, 3.05) is 4.90 Å². The maximum absolute atomic E-state index is 12.2. The molecule has 9 nitrogen and oxygen atoms in total. The van der Waals surface area contributed by atoms with Gasteiger partial charge < -0.3 is 9.47 Å². The molecule has 0 bridgehead atoms.